The van der Waals surface area contributed by atoms with Crippen LogP contribution in [0.3, 0.4) is 0 Å². The van der Waals surface area contributed by atoms with Crippen molar-refractivity contribution in [3.05, 3.63) is 59.2 Å². The highest BCUT2D eigenvalue weighted by atomic mass is 19.4. The molecule has 35 heavy (non-hydrogen) atoms. The number of carbonyl (C=O) groups is 1. The third kappa shape index (κ3) is 5.25. The SMILES string of the molecule is NC(=O)N1CCC(C(CNc2cc(C(F)(F)F)nc3cc(C(F)(F)F)nn23)c2ccc(F)cc2)C1. The van der Waals surface area contributed by atoms with Crippen molar-refractivity contribution in [1.29, 1.82) is 0 Å². The van der Waals surface area contributed by atoms with E-state index >= 15 is 0 Å². The van der Waals surface area contributed by atoms with E-state index in [1.807, 2.05) is 0 Å². The quantitative estimate of drug-likeness (QED) is 0.501. The van der Waals surface area contributed by atoms with Gasteiger partial charge < -0.3 is 16.0 Å². The molecule has 188 valence electrons. The van der Waals surface area contributed by atoms with Gasteiger partial charge in [-0.1, -0.05) is 12.1 Å². The number of nitrogens with zero attached hydrogens (tertiary/aromatic N) is 4. The van der Waals surface area contributed by atoms with Crippen molar-refractivity contribution in [2.24, 2.45) is 11.7 Å². The van der Waals surface area contributed by atoms with Crippen molar-refractivity contribution in [2.45, 2.75) is 24.7 Å². The van der Waals surface area contributed by atoms with Gasteiger partial charge in [0.05, 0.1) is 0 Å². The van der Waals surface area contributed by atoms with E-state index < -0.39 is 47.2 Å². The minimum Gasteiger partial charge on any atom is -0.369 e. The zero-order chi connectivity index (χ0) is 25.5. The number of likely N-dealkylation sites (tertiary alicyclic amines) is 1. The van der Waals surface area contributed by atoms with E-state index in [2.05, 4.69) is 15.4 Å². The highest BCUT2D eigenvalue weighted by Gasteiger charge is 2.38. The number of nitrogens with one attached hydrogen (secondary N) is 1. The van der Waals surface area contributed by atoms with Crippen LogP contribution in [0.1, 0.15) is 29.3 Å². The van der Waals surface area contributed by atoms with Gasteiger partial charge in [0, 0.05) is 37.7 Å². The number of benzene rings is 1. The maximum atomic E-state index is 13.5. The van der Waals surface area contributed by atoms with E-state index in [4.69, 9.17) is 5.73 Å². The van der Waals surface area contributed by atoms with Gasteiger partial charge in [-0.15, -0.1) is 0 Å². The predicted molar refractivity (Wildman–Crippen MR) is 110 cm³/mol. The Hall–Kier alpha value is -3.58. The molecule has 2 amide bonds. The van der Waals surface area contributed by atoms with E-state index in [1.54, 1.807) is 0 Å². The summed E-state index contributed by atoms with van der Waals surface area (Å²) in [7, 11) is 0. The molecule has 0 aliphatic carbocycles. The molecule has 4 rings (SSSR count). The summed E-state index contributed by atoms with van der Waals surface area (Å²) in [5.74, 6) is -1.47. The van der Waals surface area contributed by atoms with Gasteiger partial charge in [-0.2, -0.15) is 36.0 Å². The topological polar surface area (TPSA) is 88.5 Å². The molecule has 0 spiro atoms. The molecule has 14 heteroatoms. The van der Waals surface area contributed by atoms with E-state index in [-0.39, 0.29) is 24.8 Å². The van der Waals surface area contributed by atoms with Crippen LogP contribution in [0.2, 0.25) is 0 Å². The molecular formula is C21H19F7N6O. The first-order valence-electron chi connectivity index (χ1n) is 10.4. The summed E-state index contributed by atoms with van der Waals surface area (Å²) in [6.07, 6.45) is -9.28. The predicted octanol–water partition coefficient (Wildman–Crippen LogP) is 4.50. The standard InChI is InChI=1S/C21H19F7N6O/c22-13-3-1-11(2-4-13)14(12-5-6-33(10-12)19(29)35)9-30-17-7-15(20(23,24)25)31-18-8-16(21(26,27)28)32-34(17)18/h1-4,7-8,12,14,30H,5-6,9-10H2,(H2,29,35). The lowest BCUT2D eigenvalue weighted by atomic mass is 9.85. The molecule has 1 aromatic carbocycles. The van der Waals surface area contributed by atoms with Gasteiger partial charge in [0.1, 0.15) is 11.6 Å². The number of urea groups is 1. The lowest BCUT2D eigenvalue weighted by molar-refractivity contribution is -0.142. The number of rotatable bonds is 5. The van der Waals surface area contributed by atoms with Crippen LogP contribution in [0.5, 0.6) is 0 Å². The van der Waals surface area contributed by atoms with Gasteiger partial charge in [0.15, 0.2) is 17.0 Å². The largest absolute Gasteiger partial charge is 0.435 e. The van der Waals surface area contributed by atoms with E-state index in [9.17, 15) is 35.5 Å². The number of primary amides is 1. The number of halogens is 7. The van der Waals surface area contributed by atoms with Crippen molar-refractivity contribution in [2.75, 3.05) is 25.0 Å². The molecule has 1 fully saturated rings. The van der Waals surface area contributed by atoms with Gasteiger partial charge in [0.2, 0.25) is 0 Å². The second-order valence-electron chi connectivity index (χ2n) is 8.19. The zero-order valence-electron chi connectivity index (χ0n) is 17.9. The zero-order valence-corrected chi connectivity index (χ0v) is 17.9. The summed E-state index contributed by atoms with van der Waals surface area (Å²) in [6, 6.07) is 5.84. The van der Waals surface area contributed by atoms with E-state index in [0.717, 1.165) is 0 Å². The number of fused-ring (bicyclic) bond motifs is 1. The van der Waals surface area contributed by atoms with Crippen molar-refractivity contribution >= 4 is 17.5 Å². The van der Waals surface area contributed by atoms with Crippen molar-refractivity contribution in [1.82, 2.24) is 19.5 Å². The second-order valence-corrected chi connectivity index (χ2v) is 8.19. The normalized spacial score (nSPS) is 17.7. The van der Waals surface area contributed by atoms with Gasteiger partial charge in [-0.05, 0) is 30.0 Å². The monoisotopic (exact) mass is 504 g/mol. The fourth-order valence-electron chi connectivity index (χ4n) is 4.18. The summed E-state index contributed by atoms with van der Waals surface area (Å²) < 4.78 is 93.7. The summed E-state index contributed by atoms with van der Waals surface area (Å²) in [5, 5.41) is 6.15. The highest BCUT2D eigenvalue weighted by Crippen LogP contribution is 2.35. The Labute approximate surface area is 193 Å². The number of nitrogens with two attached hydrogens (primary N) is 1. The summed E-state index contributed by atoms with van der Waals surface area (Å²) in [5.41, 5.74) is 2.57. The molecule has 0 radical (unpaired) electrons. The lowest BCUT2D eigenvalue weighted by Crippen LogP contribution is -2.34. The van der Waals surface area contributed by atoms with Gasteiger partial charge in [0.25, 0.3) is 0 Å². The molecule has 2 aromatic heterocycles. The maximum absolute atomic E-state index is 13.5. The average Bonchev–Trinajstić information content (AvgIpc) is 3.42. The smallest absolute Gasteiger partial charge is 0.369 e. The van der Waals surface area contributed by atoms with Crippen molar-refractivity contribution in [3.8, 4) is 0 Å². The van der Waals surface area contributed by atoms with Crippen LogP contribution in [0.15, 0.2) is 36.4 Å². The molecule has 3 heterocycles. The highest BCUT2D eigenvalue weighted by molar-refractivity contribution is 5.72. The molecule has 0 saturated carbocycles. The number of alkyl halides is 6. The molecule has 1 aliphatic heterocycles. The summed E-state index contributed by atoms with van der Waals surface area (Å²) >= 11 is 0. The van der Waals surface area contributed by atoms with Crippen LogP contribution in [-0.2, 0) is 12.4 Å². The van der Waals surface area contributed by atoms with Crippen LogP contribution in [0.4, 0.5) is 41.3 Å². The number of anilines is 1. The minimum absolute atomic E-state index is 0.0411. The number of hydrogen-bond donors (Lipinski definition) is 2. The van der Waals surface area contributed by atoms with Crippen LogP contribution in [-0.4, -0.2) is 45.2 Å². The summed E-state index contributed by atoms with van der Waals surface area (Å²) in [4.78, 5) is 16.2. The third-order valence-corrected chi connectivity index (χ3v) is 5.91. The number of amides is 2. The molecule has 0 bridgehead atoms. The Morgan fingerprint density at radius 2 is 1.74 bits per heavy atom. The molecule has 3 N–H and O–H groups in total. The Kier molecular flexibility index (Phi) is 6.23. The minimum atomic E-state index is -4.91. The van der Waals surface area contributed by atoms with Crippen LogP contribution in [0, 0.1) is 11.7 Å². The molecule has 1 saturated heterocycles. The first-order chi connectivity index (χ1) is 16.3. The number of carbonyl (C=O) groups excluding carboxylic acids is 1. The molecule has 3 aromatic rings. The Balaban J connectivity index is 1.70. The molecule has 1 aliphatic rings. The molecule has 2 unspecified atom stereocenters. The molecule has 7 nitrogen and oxygen atoms in total. The van der Waals surface area contributed by atoms with E-state index in [0.29, 0.717) is 35.2 Å². The van der Waals surface area contributed by atoms with E-state index in [1.165, 1.54) is 29.2 Å². The first-order valence-corrected chi connectivity index (χ1v) is 10.4. The van der Waals surface area contributed by atoms with Crippen molar-refractivity contribution in [3.63, 3.8) is 0 Å². The lowest BCUT2D eigenvalue weighted by Gasteiger charge is -2.25. The number of hydrogen-bond acceptors (Lipinski definition) is 4. The van der Waals surface area contributed by atoms with Gasteiger partial charge >= 0.3 is 18.4 Å². The van der Waals surface area contributed by atoms with Crippen LogP contribution >= 0.6 is 0 Å². The maximum Gasteiger partial charge on any atom is 0.435 e. The van der Waals surface area contributed by atoms with Gasteiger partial charge in [-0.25, -0.2) is 14.2 Å². The summed E-state index contributed by atoms with van der Waals surface area (Å²) in [6.45, 7) is 0.586. The third-order valence-electron chi connectivity index (χ3n) is 5.91. The van der Waals surface area contributed by atoms with Crippen molar-refractivity contribution < 1.29 is 35.5 Å². The fourth-order valence-corrected chi connectivity index (χ4v) is 4.18. The van der Waals surface area contributed by atoms with Crippen LogP contribution in [0.25, 0.3) is 5.65 Å². The first kappa shape index (κ1) is 24.5. The van der Waals surface area contributed by atoms with Crippen LogP contribution < -0.4 is 11.1 Å². The Morgan fingerprint density at radius 3 is 2.31 bits per heavy atom. The molecular weight excluding hydrogens is 485 g/mol. The Morgan fingerprint density at radius 1 is 1.09 bits per heavy atom. The fraction of sp³-hybridized carbons (Fsp3) is 0.381. The second kappa shape index (κ2) is 8.89. The van der Waals surface area contributed by atoms with Gasteiger partial charge in [-0.3, -0.25) is 0 Å². The Bertz CT molecular complexity index is 1220. The number of aromatic nitrogens is 3. The average molecular weight is 504 g/mol. The molecule has 2 atom stereocenters.